The summed E-state index contributed by atoms with van der Waals surface area (Å²) < 4.78 is 35.2. The van der Waals surface area contributed by atoms with Gasteiger partial charge in [0, 0.05) is 29.7 Å². The minimum absolute atomic E-state index is 0.0331. The van der Waals surface area contributed by atoms with Crippen LogP contribution in [0.5, 0.6) is 0 Å². The molecular formula is C35H36F2N4O4. The van der Waals surface area contributed by atoms with E-state index in [-0.39, 0.29) is 39.7 Å². The predicted octanol–water partition coefficient (Wildman–Crippen LogP) is 5.45. The highest BCUT2D eigenvalue weighted by atomic mass is 19.1. The number of nitrogens with two attached hydrogens (primary N) is 1. The molecule has 0 aliphatic heterocycles. The van der Waals surface area contributed by atoms with Gasteiger partial charge in [-0.25, -0.2) is 18.1 Å². The molecule has 0 spiro atoms. The number of nitrogens with zero attached hydrogens (tertiary/aromatic N) is 3. The molecule has 0 radical (unpaired) electrons. The van der Waals surface area contributed by atoms with Gasteiger partial charge in [-0.2, -0.15) is 0 Å². The molecule has 0 bridgehead atoms. The van der Waals surface area contributed by atoms with Crippen molar-refractivity contribution in [2.24, 2.45) is 18.7 Å². The van der Waals surface area contributed by atoms with Crippen molar-refractivity contribution in [2.75, 3.05) is 0 Å². The Labute approximate surface area is 258 Å². The van der Waals surface area contributed by atoms with Crippen LogP contribution in [-0.2, 0) is 19.9 Å². The lowest BCUT2D eigenvalue weighted by molar-refractivity contribution is 0.0101. The number of para-hydroxylation sites is 1. The van der Waals surface area contributed by atoms with Crippen LogP contribution in [0.4, 0.5) is 8.78 Å². The average molecular weight is 615 g/mol. The number of aliphatic hydroxyl groups is 1. The monoisotopic (exact) mass is 614 g/mol. The molecule has 234 valence electrons. The summed E-state index contributed by atoms with van der Waals surface area (Å²) in [4.78, 5) is 40.0. The van der Waals surface area contributed by atoms with Crippen molar-refractivity contribution in [2.45, 2.75) is 65.5 Å². The second-order valence-electron chi connectivity index (χ2n) is 12.9. The van der Waals surface area contributed by atoms with E-state index in [4.69, 9.17) is 5.73 Å². The van der Waals surface area contributed by atoms with Crippen LogP contribution in [0.15, 0.2) is 52.1 Å². The topological polar surface area (TPSA) is 112 Å². The van der Waals surface area contributed by atoms with Gasteiger partial charge in [-0.3, -0.25) is 14.2 Å². The Morgan fingerprint density at radius 3 is 2.40 bits per heavy atom. The average Bonchev–Trinajstić information content (AvgIpc) is 3.31. The Bertz CT molecular complexity index is 2180. The molecule has 0 saturated heterocycles. The lowest BCUT2D eigenvalue weighted by atomic mass is 9.77. The lowest BCUT2D eigenvalue weighted by Gasteiger charge is -2.34. The van der Waals surface area contributed by atoms with Crippen molar-refractivity contribution in [3.05, 3.63) is 97.3 Å². The highest BCUT2D eigenvalue weighted by molar-refractivity contribution is 6.11. The number of aromatic nitrogens is 3. The zero-order chi connectivity index (χ0) is 32.7. The zero-order valence-electron chi connectivity index (χ0n) is 26.2. The third kappa shape index (κ3) is 4.53. The fourth-order valence-electron chi connectivity index (χ4n) is 7.21. The summed E-state index contributed by atoms with van der Waals surface area (Å²) in [5.41, 5.74) is 7.11. The van der Waals surface area contributed by atoms with Gasteiger partial charge in [-0.05, 0) is 101 Å². The number of amides is 1. The third-order valence-corrected chi connectivity index (χ3v) is 9.45. The Kier molecular flexibility index (Phi) is 7.11. The molecule has 8 nitrogen and oxygen atoms in total. The van der Waals surface area contributed by atoms with Crippen LogP contribution < -0.4 is 17.0 Å². The van der Waals surface area contributed by atoms with E-state index in [1.165, 1.54) is 25.2 Å². The van der Waals surface area contributed by atoms with Crippen molar-refractivity contribution in [3.63, 3.8) is 0 Å². The van der Waals surface area contributed by atoms with E-state index in [9.17, 15) is 23.9 Å². The SMILES string of the molecule is Cc1c(-c2c(F)cc(C(N)=O)c3c2c2c(n3C(C)C)CC(C(C)(C)O)CC2)cccc1-n1c(=O)c2cccc(F)c2n(C)c1=O. The first-order chi connectivity index (χ1) is 21.1. The summed E-state index contributed by atoms with van der Waals surface area (Å²) in [6.07, 6.45) is 1.74. The van der Waals surface area contributed by atoms with Gasteiger partial charge in [0.25, 0.3) is 11.5 Å². The van der Waals surface area contributed by atoms with E-state index in [1.54, 1.807) is 39.0 Å². The molecule has 45 heavy (non-hydrogen) atoms. The third-order valence-electron chi connectivity index (χ3n) is 9.45. The van der Waals surface area contributed by atoms with Gasteiger partial charge in [0.2, 0.25) is 0 Å². The molecule has 1 aliphatic rings. The second kappa shape index (κ2) is 10.5. The number of benzene rings is 3. The number of carbonyl (C=O) groups excluding carboxylic acids is 1. The van der Waals surface area contributed by atoms with Gasteiger partial charge in [-0.1, -0.05) is 18.2 Å². The number of carbonyl (C=O) groups is 1. The standard InChI is InChI=1S/C35H36F2N4O4/c1-17(2)40-27-15-19(35(4,5)45)13-14-21(27)29-28(25(37)16-23(31(29)40)32(38)42)20-9-8-12-26(18(20)3)41-33(43)22-10-7-11-24(36)30(22)39(6)34(41)44/h7-12,16-17,19,45H,13-15H2,1-6H3,(H2,38,42). The molecule has 5 aromatic rings. The van der Waals surface area contributed by atoms with Crippen LogP contribution in [0.3, 0.4) is 0 Å². The molecule has 6 rings (SSSR count). The van der Waals surface area contributed by atoms with E-state index in [1.807, 2.05) is 18.4 Å². The molecule has 0 saturated carbocycles. The molecule has 3 N–H and O–H groups in total. The number of halogens is 2. The lowest BCUT2D eigenvalue weighted by Crippen LogP contribution is -2.38. The quantitative estimate of drug-likeness (QED) is 0.274. The summed E-state index contributed by atoms with van der Waals surface area (Å²) in [5, 5.41) is 11.5. The molecule has 3 aromatic carbocycles. The predicted molar refractivity (Wildman–Crippen MR) is 171 cm³/mol. The minimum Gasteiger partial charge on any atom is -0.390 e. The minimum atomic E-state index is -0.941. The summed E-state index contributed by atoms with van der Waals surface area (Å²) in [6.45, 7) is 9.24. The molecule has 2 aromatic heterocycles. The number of rotatable bonds is 5. The highest BCUT2D eigenvalue weighted by Crippen LogP contribution is 2.46. The normalized spacial score (nSPS) is 15.3. The molecule has 1 amide bonds. The van der Waals surface area contributed by atoms with Crippen molar-refractivity contribution >= 4 is 27.7 Å². The fourth-order valence-corrected chi connectivity index (χ4v) is 7.21. The Hall–Kier alpha value is -4.57. The first-order valence-electron chi connectivity index (χ1n) is 15.1. The van der Waals surface area contributed by atoms with Crippen LogP contribution in [0, 0.1) is 24.5 Å². The largest absolute Gasteiger partial charge is 0.390 e. The summed E-state index contributed by atoms with van der Waals surface area (Å²) in [6, 6.07) is 10.1. The summed E-state index contributed by atoms with van der Waals surface area (Å²) >= 11 is 0. The molecule has 1 atom stereocenters. The van der Waals surface area contributed by atoms with Crippen LogP contribution in [0.1, 0.15) is 67.3 Å². The number of fused-ring (bicyclic) bond motifs is 4. The first kappa shape index (κ1) is 30.5. The van der Waals surface area contributed by atoms with Crippen LogP contribution in [0.2, 0.25) is 0 Å². The van der Waals surface area contributed by atoms with E-state index < -0.39 is 34.4 Å². The van der Waals surface area contributed by atoms with Gasteiger partial charge in [0.1, 0.15) is 11.6 Å². The summed E-state index contributed by atoms with van der Waals surface area (Å²) in [5.74, 6) is -2.16. The number of hydrogen-bond donors (Lipinski definition) is 2. The van der Waals surface area contributed by atoms with E-state index in [2.05, 4.69) is 0 Å². The van der Waals surface area contributed by atoms with E-state index in [0.29, 0.717) is 41.3 Å². The highest BCUT2D eigenvalue weighted by Gasteiger charge is 2.36. The van der Waals surface area contributed by atoms with Crippen molar-refractivity contribution in [3.8, 4) is 16.8 Å². The van der Waals surface area contributed by atoms with E-state index >= 15 is 4.39 Å². The molecule has 1 aliphatic carbocycles. The number of hydrogen-bond acceptors (Lipinski definition) is 4. The maximum Gasteiger partial charge on any atom is 0.335 e. The molecule has 2 heterocycles. The van der Waals surface area contributed by atoms with Crippen molar-refractivity contribution in [1.29, 1.82) is 0 Å². The van der Waals surface area contributed by atoms with Crippen molar-refractivity contribution in [1.82, 2.24) is 13.7 Å². The molecule has 1 unspecified atom stereocenters. The molecular weight excluding hydrogens is 578 g/mol. The van der Waals surface area contributed by atoms with Gasteiger partial charge in [0.15, 0.2) is 0 Å². The van der Waals surface area contributed by atoms with Gasteiger partial charge in [-0.15, -0.1) is 0 Å². The maximum atomic E-state index is 16.4. The molecule has 0 fully saturated rings. The van der Waals surface area contributed by atoms with Crippen LogP contribution in [0.25, 0.3) is 38.6 Å². The maximum absolute atomic E-state index is 16.4. The number of aryl methyl sites for hydroxylation is 2. The smallest absolute Gasteiger partial charge is 0.335 e. The second-order valence-corrected chi connectivity index (χ2v) is 12.9. The van der Waals surface area contributed by atoms with Gasteiger partial charge < -0.3 is 15.4 Å². The van der Waals surface area contributed by atoms with E-state index in [0.717, 1.165) is 26.5 Å². The van der Waals surface area contributed by atoms with Crippen LogP contribution in [-0.4, -0.2) is 30.3 Å². The Morgan fingerprint density at radius 2 is 1.76 bits per heavy atom. The van der Waals surface area contributed by atoms with Crippen LogP contribution >= 0.6 is 0 Å². The van der Waals surface area contributed by atoms with Crippen molar-refractivity contribution < 1.29 is 18.7 Å². The van der Waals surface area contributed by atoms with Gasteiger partial charge in [0.05, 0.1) is 33.3 Å². The zero-order valence-corrected chi connectivity index (χ0v) is 26.2. The Morgan fingerprint density at radius 1 is 1.07 bits per heavy atom. The first-order valence-corrected chi connectivity index (χ1v) is 15.1. The van der Waals surface area contributed by atoms with Gasteiger partial charge >= 0.3 is 5.69 Å². The fraction of sp³-hybridized carbons (Fsp3) is 0.343. The molecule has 10 heteroatoms. The Balaban J connectivity index is 1.71. The summed E-state index contributed by atoms with van der Waals surface area (Å²) in [7, 11) is 1.40. The number of primary amides is 1.